The number of ether oxygens (including phenoxy) is 1. The van der Waals surface area contributed by atoms with E-state index in [2.05, 4.69) is 6.92 Å². The second-order valence-electron chi connectivity index (χ2n) is 6.95. The molecule has 0 unspecified atom stereocenters. The molecule has 1 aliphatic rings. The van der Waals surface area contributed by atoms with Gasteiger partial charge in [0.15, 0.2) is 0 Å². The van der Waals surface area contributed by atoms with Crippen molar-refractivity contribution in [2.24, 2.45) is 0 Å². The standard InChI is InChI=1S/C20H34O6/c1-2-3-6-9-15(21)12-13-18-17(23)14-19(26-18)16(22)10-7-4-5-8-11-20(24)25/h4,7,12-13,15-19,21-23H,2-3,5-6,8-11,14H2,1H3,(H,24,25)/b7-4-,13-12+/t15-,16+,17-,18+,19-/m0/s1. The number of aliphatic carboxylic acids is 1. The van der Waals surface area contributed by atoms with Crippen molar-refractivity contribution in [1.29, 1.82) is 0 Å². The topological polar surface area (TPSA) is 107 Å². The van der Waals surface area contributed by atoms with Gasteiger partial charge in [0.05, 0.1) is 24.4 Å². The van der Waals surface area contributed by atoms with Gasteiger partial charge in [0, 0.05) is 12.8 Å². The van der Waals surface area contributed by atoms with Crippen LogP contribution in [0, 0.1) is 0 Å². The van der Waals surface area contributed by atoms with Crippen molar-refractivity contribution in [3.63, 3.8) is 0 Å². The van der Waals surface area contributed by atoms with Crippen LogP contribution in [0.25, 0.3) is 0 Å². The largest absolute Gasteiger partial charge is 0.481 e. The SMILES string of the molecule is CCCCC[C@H](O)/C=C/[C@H]1O[C@H]([C@H](O)C/C=C\CCCC(=O)O)C[C@@H]1O. The number of carbonyl (C=O) groups is 1. The fourth-order valence-corrected chi connectivity index (χ4v) is 2.96. The third kappa shape index (κ3) is 9.48. The monoisotopic (exact) mass is 370 g/mol. The molecular weight excluding hydrogens is 336 g/mol. The summed E-state index contributed by atoms with van der Waals surface area (Å²) in [6.07, 6.45) is 10.2. The lowest BCUT2D eigenvalue weighted by atomic mass is 10.0. The summed E-state index contributed by atoms with van der Waals surface area (Å²) in [5.74, 6) is -0.804. The molecule has 0 aromatic carbocycles. The smallest absolute Gasteiger partial charge is 0.303 e. The minimum atomic E-state index is -0.804. The van der Waals surface area contributed by atoms with E-state index < -0.39 is 36.5 Å². The molecule has 0 amide bonds. The summed E-state index contributed by atoms with van der Waals surface area (Å²) in [7, 11) is 0. The number of hydrogen-bond acceptors (Lipinski definition) is 5. The second-order valence-corrected chi connectivity index (χ2v) is 6.95. The Labute approximate surface area is 156 Å². The lowest BCUT2D eigenvalue weighted by Gasteiger charge is -2.16. The van der Waals surface area contributed by atoms with Gasteiger partial charge >= 0.3 is 5.97 Å². The van der Waals surface area contributed by atoms with Crippen molar-refractivity contribution in [2.75, 3.05) is 0 Å². The first kappa shape index (κ1) is 22.8. The van der Waals surface area contributed by atoms with Gasteiger partial charge in [-0.1, -0.05) is 50.5 Å². The number of aliphatic hydroxyl groups is 3. The third-order valence-electron chi connectivity index (χ3n) is 4.55. The summed E-state index contributed by atoms with van der Waals surface area (Å²) >= 11 is 0. The molecule has 0 saturated carbocycles. The molecule has 1 rings (SSSR count). The summed E-state index contributed by atoms with van der Waals surface area (Å²) in [5.41, 5.74) is 0. The number of carboxylic acid groups (broad SMARTS) is 1. The summed E-state index contributed by atoms with van der Waals surface area (Å²) in [6.45, 7) is 2.11. The lowest BCUT2D eigenvalue weighted by molar-refractivity contribution is -0.137. The zero-order valence-electron chi connectivity index (χ0n) is 15.7. The predicted octanol–water partition coefficient (Wildman–Crippen LogP) is 2.56. The Hall–Kier alpha value is -1.21. The molecule has 6 nitrogen and oxygen atoms in total. The Morgan fingerprint density at radius 1 is 1.23 bits per heavy atom. The first-order valence-electron chi connectivity index (χ1n) is 9.68. The molecule has 1 saturated heterocycles. The van der Waals surface area contributed by atoms with Gasteiger partial charge in [0.25, 0.3) is 0 Å². The van der Waals surface area contributed by atoms with E-state index in [0.717, 1.165) is 19.3 Å². The summed E-state index contributed by atoms with van der Waals surface area (Å²) in [4.78, 5) is 10.4. The molecule has 0 spiro atoms. The molecule has 4 N–H and O–H groups in total. The van der Waals surface area contributed by atoms with Gasteiger partial charge in [-0.05, 0) is 25.7 Å². The van der Waals surface area contributed by atoms with Crippen molar-refractivity contribution in [2.45, 2.75) is 95.2 Å². The van der Waals surface area contributed by atoms with Crippen LogP contribution in [-0.2, 0) is 9.53 Å². The van der Waals surface area contributed by atoms with E-state index in [4.69, 9.17) is 9.84 Å². The minimum Gasteiger partial charge on any atom is -0.481 e. The molecule has 0 bridgehead atoms. The van der Waals surface area contributed by atoms with E-state index in [1.165, 1.54) is 0 Å². The Morgan fingerprint density at radius 2 is 2.00 bits per heavy atom. The van der Waals surface area contributed by atoms with Crippen molar-refractivity contribution in [3.05, 3.63) is 24.3 Å². The van der Waals surface area contributed by atoms with Crippen LogP contribution >= 0.6 is 0 Å². The highest BCUT2D eigenvalue weighted by atomic mass is 16.5. The fraction of sp³-hybridized carbons (Fsp3) is 0.750. The number of rotatable bonds is 13. The van der Waals surface area contributed by atoms with Gasteiger partial charge in [-0.3, -0.25) is 4.79 Å². The lowest BCUT2D eigenvalue weighted by Crippen LogP contribution is -2.25. The first-order chi connectivity index (χ1) is 12.4. The van der Waals surface area contributed by atoms with Crippen LogP contribution in [0.1, 0.15) is 64.7 Å². The second kappa shape index (κ2) is 13.0. The zero-order chi connectivity index (χ0) is 19.4. The van der Waals surface area contributed by atoms with E-state index in [1.54, 1.807) is 12.2 Å². The van der Waals surface area contributed by atoms with Crippen LogP contribution in [0.2, 0.25) is 0 Å². The maximum absolute atomic E-state index is 10.4. The highest BCUT2D eigenvalue weighted by molar-refractivity contribution is 5.66. The maximum Gasteiger partial charge on any atom is 0.303 e. The molecule has 0 radical (unpaired) electrons. The molecule has 0 aromatic heterocycles. The van der Waals surface area contributed by atoms with E-state index in [1.807, 2.05) is 12.2 Å². The van der Waals surface area contributed by atoms with Crippen molar-refractivity contribution >= 4 is 5.97 Å². The number of aliphatic hydroxyl groups excluding tert-OH is 3. The maximum atomic E-state index is 10.4. The first-order valence-corrected chi connectivity index (χ1v) is 9.68. The summed E-state index contributed by atoms with van der Waals surface area (Å²) < 4.78 is 5.71. The molecule has 0 aromatic rings. The van der Waals surface area contributed by atoms with E-state index in [9.17, 15) is 20.1 Å². The van der Waals surface area contributed by atoms with Gasteiger partial charge in [0.1, 0.15) is 6.10 Å². The van der Waals surface area contributed by atoms with Crippen molar-refractivity contribution < 1.29 is 30.0 Å². The minimum absolute atomic E-state index is 0.142. The van der Waals surface area contributed by atoms with E-state index >= 15 is 0 Å². The van der Waals surface area contributed by atoms with Crippen LogP contribution < -0.4 is 0 Å². The molecule has 0 aliphatic carbocycles. The van der Waals surface area contributed by atoms with Crippen LogP contribution in [0.5, 0.6) is 0 Å². The number of allylic oxidation sites excluding steroid dienone is 1. The Bertz CT molecular complexity index is 448. The number of hydrogen-bond donors (Lipinski definition) is 4. The highest BCUT2D eigenvalue weighted by Gasteiger charge is 2.35. The summed E-state index contributed by atoms with van der Waals surface area (Å²) in [5, 5.41) is 38.7. The van der Waals surface area contributed by atoms with E-state index in [0.29, 0.717) is 32.1 Å². The molecule has 150 valence electrons. The van der Waals surface area contributed by atoms with Crippen molar-refractivity contribution in [3.8, 4) is 0 Å². The molecule has 5 atom stereocenters. The number of carboxylic acids is 1. The van der Waals surface area contributed by atoms with Crippen LogP contribution in [-0.4, -0.2) is 56.9 Å². The average Bonchev–Trinajstić information content (AvgIpc) is 2.97. The quantitative estimate of drug-likeness (QED) is 0.293. The average molecular weight is 370 g/mol. The van der Waals surface area contributed by atoms with Crippen LogP contribution in [0.4, 0.5) is 0 Å². The predicted molar refractivity (Wildman–Crippen MR) is 99.8 cm³/mol. The van der Waals surface area contributed by atoms with Gasteiger partial charge in [-0.25, -0.2) is 0 Å². The molecule has 1 heterocycles. The zero-order valence-corrected chi connectivity index (χ0v) is 15.7. The van der Waals surface area contributed by atoms with Crippen molar-refractivity contribution in [1.82, 2.24) is 0 Å². The Balaban J connectivity index is 2.30. The highest BCUT2D eigenvalue weighted by Crippen LogP contribution is 2.25. The fourth-order valence-electron chi connectivity index (χ4n) is 2.96. The van der Waals surface area contributed by atoms with Gasteiger partial charge < -0.3 is 25.2 Å². The third-order valence-corrected chi connectivity index (χ3v) is 4.55. The normalized spacial score (nSPS) is 25.9. The Morgan fingerprint density at radius 3 is 2.69 bits per heavy atom. The molecular formula is C20H34O6. The summed E-state index contributed by atoms with van der Waals surface area (Å²) in [6, 6.07) is 0. The molecule has 1 aliphatic heterocycles. The van der Waals surface area contributed by atoms with Gasteiger partial charge in [-0.15, -0.1) is 0 Å². The van der Waals surface area contributed by atoms with Gasteiger partial charge in [0.2, 0.25) is 0 Å². The van der Waals surface area contributed by atoms with Crippen LogP contribution in [0.15, 0.2) is 24.3 Å². The van der Waals surface area contributed by atoms with E-state index in [-0.39, 0.29) is 6.42 Å². The van der Waals surface area contributed by atoms with Crippen LogP contribution in [0.3, 0.4) is 0 Å². The number of unbranched alkanes of at least 4 members (excludes halogenated alkanes) is 3. The molecule has 26 heavy (non-hydrogen) atoms. The molecule has 6 heteroatoms. The van der Waals surface area contributed by atoms with Gasteiger partial charge in [-0.2, -0.15) is 0 Å². The molecule has 1 fully saturated rings. The Kier molecular flexibility index (Phi) is 11.4.